The number of ether oxygens (including phenoxy) is 1. The molecule has 0 aliphatic rings. The van der Waals surface area contributed by atoms with Crippen LogP contribution in [0.1, 0.15) is 24.5 Å². The summed E-state index contributed by atoms with van der Waals surface area (Å²) in [6.07, 6.45) is 0.274. The van der Waals surface area contributed by atoms with Crippen molar-refractivity contribution in [3.05, 3.63) is 29.3 Å². The SMILES string of the molecule is CCC(Oc1ccc(C)c(C)c1)C(=O)N(C)C. The van der Waals surface area contributed by atoms with Crippen molar-refractivity contribution in [1.29, 1.82) is 0 Å². The van der Waals surface area contributed by atoms with E-state index < -0.39 is 6.10 Å². The highest BCUT2D eigenvalue weighted by atomic mass is 16.5. The van der Waals surface area contributed by atoms with Crippen LogP contribution in [0.2, 0.25) is 0 Å². The van der Waals surface area contributed by atoms with Gasteiger partial charge in [0.25, 0.3) is 5.91 Å². The van der Waals surface area contributed by atoms with Crippen LogP contribution in [0.3, 0.4) is 0 Å². The first-order chi connectivity index (χ1) is 7.95. The maximum atomic E-state index is 11.8. The molecular weight excluding hydrogens is 214 g/mol. The molecule has 0 spiro atoms. The van der Waals surface area contributed by atoms with Crippen molar-refractivity contribution in [2.24, 2.45) is 0 Å². The van der Waals surface area contributed by atoms with Crippen LogP contribution in [-0.2, 0) is 4.79 Å². The van der Waals surface area contributed by atoms with Crippen molar-refractivity contribution in [3.63, 3.8) is 0 Å². The lowest BCUT2D eigenvalue weighted by Gasteiger charge is -2.21. The molecule has 0 heterocycles. The summed E-state index contributed by atoms with van der Waals surface area (Å²) in [5.74, 6) is 0.765. The van der Waals surface area contributed by atoms with Gasteiger partial charge in [0.05, 0.1) is 0 Å². The highest BCUT2D eigenvalue weighted by Crippen LogP contribution is 2.18. The maximum Gasteiger partial charge on any atom is 0.263 e. The Labute approximate surface area is 103 Å². The molecule has 3 heteroatoms. The minimum Gasteiger partial charge on any atom is -0.481 e. The fraction of sp³-hybridized carbons (Fsp3) is 0.500. The van der Waals surface area contributed by atoms with Crippen molar-refractivity contribution in [2.75, 3.05) is 14.1 Å². The van der Waals surface area contributed by atoms with Gasteiger partial charge in [-0.05, 0) is 43.5 Å². The van der Waals surface area contributed by atoms with Gasteiger partial charge in [0.1, 0.15) is 5.75 Å². The molecule has 94 valence electrons. The van der Waals surface area contributed by atoms with Gasteiger partial charge >= 0.3 is 0 Å². The molecule has 0 saturated heterocycles. The molecule has 17 heavy (non-hydrogen) atoms. The predicted molar refractivity (Wildman–Crippen MR) is 69.3 cm³/mol. The number of rotatable bonds is 4. The third-order valence-electron chi connectivity index (χ3n) is 2.84. The molecule has 0 aliphatic carbocycles. The second-order valence-electron chi connectivity index (χ2n) is 4.49. The number of likely N-dealkylation sites (N-methyl/N-ethyl adjacent to an activating group) is 1. The standard InChI is InChI=1S/C14H21NO2/c1-6-13(14(16)15(4)5)17-12-8-7-10(2)11(3)9-12/h7-9,13H,6H2,1-5H3. The van der Waals surface area contributed by atoms with E-state index in [9.17, 15) is 4.79 Å². The van der Waals surface area contributed by atoms with E-state index in [1.54, 1.807) is 19.0 Å². The van der Waals surface area contributed by atoms with E-state index in [1.165, 1.54) is 11.1 Å². The highest BCUT2D eigenvalue weighted by molar-refractivity contribution is 5.80. The van der Waals surface area contributed by atoms with Gasteiger partial charge in [-0.3, -0.25) is 4.79 Å². The number of benzene rings is 1. The molecule has 0 N–H and O–H groups in total. The molecule has 3 nitrogen and oxygen atoms in total. The van der Waals surface area contributed by atoms with Gasteiger partial charge in [-0.15, -0.1) is 0 Å². The zero-order valence-electron chi connectivity index (χ0n) is 11.3. The third-order valence-corrected chi connectivity index (χ3v) is 2.84. The monoisotopic (exact) mass is 235 g/mol. The molecule has 1 unspecified atom stereocenters. The Balaban J connectivity index is 2.80. The van der Waals surface area contributed by atoms with Crippen LogP contribution in [0, 0.1) is 13.8 Å². The van der Waals surface area contributed by atoms with E-state index in [-0.39, 0.29) is 5.91 Å². The Morgan fingerprint density at radius 2 is 1.94 bits per heavy atom. The van der Waals surface area contributed by atoms with E-state index in [1.807, 2.05) is 32.0 Å². The van der Waals surface area contributed by atoms with Gasteiger partial charge < -0.3 is 9.64 Å². The predicted octanol–water partition coefficient (Wildman–Crippen LogP) is 2.55. The van der Waals surface area contributed by atoms with Gasteiger partial charge in [0, 0.05) is 14.1 Å². The molecule has 1 atom stereocenters. The summed E-state index contributed by atoms with van der Waals surface area (Å²) in [5, 5.41) is 0. The first-order valence-electron chi connectivity index (χ1n) is 5.90. The molecule has 0 radical (unpaired) electrons. The molecule has 1 aromatic carbocycles. The zero-order valence-corrected chi connectivity index (χ0v) is 11.3. The Morgan fingerprint density at radius 1 is 1.29 bits per heavy atom. The topological polar surface area (TPSA) is 29.5 Å². The molecule has 0 aromatic heterocycles. The lowest BCUT2D eigenvalue weighted by molar-refractivity contribution is -0.136. The summed E-state index contributed by atoms with van der Waals surface area (Å²) in [5.41, 5.74) is 2.40. The number of carbonyl (C=O) groups is 1. The fourth-order valence-electron chi connectivity index (χ4n) is 1.55. The molecule has 1 rings (SSSR count). The quantitative estimate of drug-likeness (QED) is 0.802. The fourth-order valence-corrected chi connectivity index (χ4v) is 1.55. The third kappa shape index (κ3) is 3.48. The van der Waals surface area contributed by atoms with Crippen LogP contribution in [-0.4, -0.2) is 31.0 Å². The van der Waals surface area contributed by atoms with Gasteiger partial charge in [-0.25, -0.2) is 0 Å². The first-order valence-corrected chi connectivity index (χ1v) is 5.90. The summed E-state index contributed by atoms with van der Waals surface area (Å²) in [6, 6.07) is 5.90. The van der Waals surface area contributed by atoms with Gasteiger partial charge in [0.15, 0.2) is 6.10 Å². The molecule has 1 aromatic rings. The number of hydrogen-bond donors (Lipinski definition) is 0. The smallest absolute Gasteiger partial charge is 0.263 e. The summed E-state index contributed by atoms with van der Waals surface area (Å²) < 4.78 is 5.73. The second kappa shape index (κ2) is 5.71. The molecule has 0 saturated carbocycles. The number of aryl methyl sites for hydroxylation is 2. The van der Waals surface area contributed by atoms with Crippen LogP contribution in [0.5, 0.6) is 5.75 Å². The average Bonchev–Trinajstić information content (AvgIpc) is 2.29. The van der Waals surface area contributed by atoms with E-state index in [4.69, 9.17) is 4.74 Å². The minimum absolute atomic E-state index is 0.00530. The summed E-state index contributed by atoms with van der Waals surface area (Å²) in [4.78, 5) is 13.4. The van der Waals surface area contributed by atoms with Crippen molar-refractivity contribution < 1.29 is 9.53 Å². The van der Waals surface area contributed by atoms with Crippen molar-refractivity contribution in [2.45, 2.75) is 33.3 Å². The van der Waals surface area contributed by atoms with Crippen LogP contribution < -0.4 is 4.74 Å². The van der Waals surface area contributed by atoms with Gasteiger partial charge in [0.2, 0.25) is 0 Å². The zero-order chi connectivity index (χ0) is 13.0. The van der Waals surface area contributed by atoms with Crippen LogP contribution in [0.4, 0.5) is 0 Å². The van der Waals surface area contributed by atoms with Gasteiger partial charge in [-0.1, -0.05) is 13.0 Å². The normalized spacial score (nSPS) is 12.1. The number of hydrogen-bond acceptors (Lipinski definition) is 2. The maximum absolute atomic E-state index is 11.8. The summed E-state index contributed by atoms with van der Waals surface area (Å²) in [6.45, 7) is 6.05. The first kappa shape index (κ1) is 13.6. The Hall–Kier alpha value is -1.51. The molecule has 0 fully saturated rings. The molecule has 0 bridgehead atoms. The van der Waals surface area contributed by atoms with Crippen LogP contribution in [0.15, 0.2) is 18.2 Å². The lowest BCUT2D eigenvalue weighted by atomic mass is 10.1. The van der Waals surface area contributed by atoms with E-state index in [0.717, 1.165) is 5.75 Å². The minimum atomic E-state index is -0.396. The van der Waals surface area contributed by atoms with Crippen LogP contribution in [0.25, 0.3) is 0 Å². The number of carbonyl (C=O) groups excluding carboxylic acids is 1. The molecule has 0 aliphatic heterocycles. The van der Waals surface area contributed by atoms with Crippen molar-refractivity contribution >= 4 is 5.91 Å². The Kier molecular flexibility index (Phi) is 4.55. The molecule has 1 amide bonds. The number of amides is 1. The summed E-state index contributed by atoms with van der Waals surface area (Å²) in [7, 11) is 3.49. The summed E-state index contributed by atoms with van der Waals surface area (Å²) >= 11 is 0. The Bertz CT molecular complexity index is 399. The number of nitrogens with zero attached hydrogens (tertiary/aromatic N) is 1. The van der Waals surface area contributed by atoms with Crippen LogP contribution >= 0.6 is 0 Å². The van der Waals surface area contributed by atoms with Crippen molar-refractivity contribution in [1.82, 2.24) is 4.90 Å². The molecular formula is C14H21NO2. The lowest BCUT2D eigenvalue weighted by Crippen LogP contribution is -2.37. The van der Waals surface area contributed by atoms with E-state index in [2.05, 4.69) is 6.92 Å². The van der Waals surface area contributed by atoms with E-state index in [0.29, 0.717) is 6.42 Å². The van der Waals surface area contributed by atoms with Gasteiger partial charge in [-0.2, -0.15) is 0 Å². The highest BCUT2D eigenvalue weighted by Gasteiger charge is 2.19. The average molecular weight is 235 g/mol. The van der Waals surface area contributed by atoms with E-state index >= 15 is 0 Å². The largest absolute Gasteiger partial charge is 0.481 e. The Morgan fingerprint density at radius 3 is 2.41 bits per heavy atom. The second-order valence-corrected chi connectivity index (χ2v) is 4.49. The van der Waals surface area contributed by atoms with Crippen molar-refractivity contribution in [3.8, 4) is 5.75 Å².